The predicted molar refractivity (Wildman–Crippen MR) is 128 cm³/mol. The van der Waals surface area contributed by atoms with Crippen molar-refractivity contribution in [2.24, 2.45) is 0 Å². The van der Waals surface area contributed by atoms with Crippen molar-refractivity contribution in [2.45, 2.75) is 24.3 Å². The van der Waals surface area contributed by atoms with E-state index in [2.05, 4.69) is 9.97 Å². The van der Waals surface area contributed by atoms with Crippen LogP contribution >= 0.6 is 22.9 Å². The van der Waals surface area contributed by atoms with E-state index in [0.717, 1.165) is 5.56 Å². The van der Waals surface area contributed by atoms with E-state index >= 15 is 0 Å². The van der Waals surface area contributed by atoms with Gasteiger partial charge in [-0.15, -0.1) is 0 Å². The highest BCUT2D eigenvalue weighted by atomic mass is 35.5. The number of aromatic nitrogens is 2. The molecule has 0 bridgehead atoms. The van der Waals surface area contributed by atoms with Gasteiger partial charge >= 0.3 is 0 Å². The second-order valence-electron chi connectivity index (χ2n) is 7.30. The summed E-state index contributed by atoms with van der Waals surface area (Å²) in [5, 5.41) is 0.798. The lowest BCUT2D eigenvalue weighted by atomic mass is 10.2. The topological polar surface area (TPSA) is 80.2 Å². The molecule has 0 N–H and O–H groups in total. The number of hydrogen-bond acceptors (Lipinski definition) is 6. The summed E-state index contributed by atoms with van der Waals surface area (Å²) >= 11 is 7.04. The molecule has 0 aliphatic carbocycles. The Hall–Kier alpha value is -2.88. The number of carbonyl (C=O) groups is 1. The molecular weight excluding hydrogens is 485 g/mol. The second-order valence-corrected chi connectivity index (χ2v) is 10.9. The molecule has 1 amide bonds. The predicted octanol–water partition coefficient (Wildman–Crippen LogP) is 5.27. The fourth-order valence-corrected chi connectivity index (χ4v) is 5.70. The lowest BCUT2D eigenvalue weighted by Crippen LogP contribution is -2.30. The van der Waals surface area contributed by atoms with Crippen molar-refractivity contribution in [1.29, 1.82) is 0 Å². The van der Waals surface area contributed by atoms with Crippen molar-refractivity contribution in [3.8, 4) is 0 Å². The second kappa shape index (κ2) is 9.94. The molecule has 2 aromatic carbocycles. The lowest BCUT2D eigenvalue weighted by molar-refractivity contribution is -0.118. The number of thiazole rings is 1. The van der Waals surface area contributed by atoms with Gasteiger partial charge in [0.15, 0.2) is 15.0 Å². The zero-order valence-corrected chi connectivity index (χ0v) is 19.7. The quantitative estimate of drug-likeness (QED) is 0.327. The summed E-state index contributed by atoms with van der Waals surface area (Å²) in [7, 11) is -3.55. The minimum absolute atomic E-state index is 0.00844. The number of anilines is 1. The molecule has 0 unspecified atom stereocenters. The molecule has 0 radical (unpaired) electrons. The summed E-state index contributed by atoms with van der Waals surface area (Å²) in [6.07, 6.45) is 3.39. The number of nitrogens with zero attached hydrogens (tertiary/aromatic N) is 3. The molecule has 2 aromatic heterocycles. The normalized spacial score (nSPS) is 11.6. The Morgan fingerprint density at radius 3 is 2.58 bits per heavy atom. The van der Waals surface area contributed by atoms with E-state index in [9.17, 15) is 17.6 Å². The number of halogens is 2. The van der Waals surface area contributed by atoms with Crippen LogP contribution in [0.5, 0.6) is 0 Å². The number of sulfone groups is 1. The fraction of sp³-hybridized carbons (Fsp3) is 0.174. The number of rotatable bonds is 8. The van der Waals surface area contributed by atoms with Gasteiger partial charge < -0.3 is 0 Å². The third-order valence-corrected chi connectivity index (χ3v) is 8.04. The van der Waals surface area contributed by atoms with Crippen LogP contribution in [0.25, 0.3) is 10.2 Å². The maximum Gasteiger partial charge on any atom is 0.229 e. The molecule has 2 heterocycles. The molecule has 33 heavy (non-hydrogen) atoms. The van der Waals surface area contributed by atoms with Gasteiger partial charge in [0.2, 0.25) is 5.91 Å². The number of hydrogen-bond donors (Lipinski definition) is 0. The van der Waals surface area contributed by atoms with Gasteiger partial charge in [-0.3, -0.25) is 14.7 Å². The van der Waals surface area contributed by atoms with Gasteiger partial charge in [0, 0.05) is 23.8 Å². The maximum absolute atomic E-state index is 14.2. The summed E-state index contributed by atoms with van der Waals surface area (Å²) in [4.78, 5) is 23.2. The van der Waals surface area contributed by atoms with Crippen molar-refractivity contribution >= 4 is 54.0 Å². The van der Waals surface area contributed by atoms with Gasteiger partial charge in [-0.1, -0.05) is 35.1 Å². The molecule has 0 atom stereocenters. The highest BCUT2D eigenvalue weighted by molar-refractivity contribution is 7.91. The Kier molecular flexibility index (Phi) is 7.02. The molecular formula is C23H19ClFN3O3S2. The molecule has 4 aromatic rings. The van der Waals surface area contributed by atoms with Crippen LogP contribution in [0.3, 0.4) is 0 Å². The first-order valence-electron chi connectivity index (χ1n) is 10.1. The molecule has 4 rings (SSSR count). The molecule has 10 heteroatoms. The van der Waals surface area contributed by atoms with Crippen molar-refractivity contribution in [2.75, 3.05) is 10.7 Å². The largest absolute Gasteiger partial charge is 0.284 e. The number of amides is 1. The average Bonchev–Trinajstić information content (AvgIpc) is 3.23. The average molecular weight is 504 g/mol. The minimum atomic E-state index is -3.55. The summed E-state index contributed by atoms with van der Waals surface area (Å²) in [5.74, 6) is -0.947. The van der Waals surface area contributed by atoms with Crippen LogP contribution in [0, 0.1) is 5.82 Å². The highest BCUT2D eigenvalue weighted by Crippen LogP contribution is 2.31. The molecule has 0 spiro atoms. The van der Waals surface area contributed by atoms with Gasteiger partial charge in [-0.2, -0.15) is 0 Å². The fourth-order valence-electron chi connectivity index (χ4n) is 3.26. The standard InChI is InChI=1S/C23H19ClFN3O3S2/c24-17-8-10-18(11-9-17)33(30,31)13-3-7-21(29)28(15-16-4-2-12-26-14-16)23-27-22-19(25)5-1-6-20(22)32-23/h1-2,4-6,8-12,14H,3,7,13,15H2. The summed E-state index contributed by atoms with van der Waals surface area (Å²) < 4.78 is 40.0. The van der Waals surface area contributed by atoms with E-state index in [-0.39, 0.29) is 41.5 Å². The van der Waals surface area contributed by atoms with Gasteiger partial charge in [0.1, 0.15) is 11.3 Å². The monoisotopic (exact) mass is 503 g/mol. The van der Waals surface area contributed by atoms with E-state index in [1.54, 1.807) is 30.6 Å². The molecule has 170 valence electrons. The Balaban J connectivity index is 1.53. The summed E-state index contributed by atoms with van der Waals surface area (Å²) in [6, 6.07) is 14.2. The third kappa shape index (κ3) is 5.55. The first-order chi connectivity index (χ1) is 15.8. The molecule has 0 fully saturated rings. The van der Waals surface area contributed by atoms with Gasteiger partial charge in [-0.05, 0) is 54.4 Å². The Morgan fingerprint density at radius 2 is 1.88 bits per heavy atom. The number of fused-ring (bicyclic) bond motifs is 1. The smallest absolute Gasteiger partial charge is 0.229 e. The zero-order valence-electron chi connectivity index (χ0n) is 17.3. The van der Waals surface area contributed by atoms with E-state index in [0.29, 0.717) is 14.9 Å². The van der Waals surface area contributed by atoms with Crippen LogP contribution < -0.4 is 4.90 Å². The van der Waals surface area contributed by atoms with E-state index < -0.39 is 15.7 Å². The SMILES string of the molecule is O=C(CCCS(=O)(=O)c1ccc(Cl)cc1)N(Cc1cccnc1)c1nc2c(F)cccc2s1. The Labute approximate surface area is 199 Å². The number of carbonyl (C=O) groups excluding carboxylic acids is 1. The van der Waals surface area contributed by atoms with Gasteiger partial charge in [0.05, 0.1) is 21.9 Å². The van der Waals surface area contributed by atoms with E-state index in [1.807, 2.05) is 6.07 Å². The zero-order chi connectivity index (χ0) is 23.4. The molecule has 0 aliphatic rings. The van der Waals surface area contributed by atoms with E-state index in [4.69, 9.17) is 11.6 Å². The molecule has 0 aliphatic heterocycles. The molecule has 0 saturated carbocycles. The number of para-hydroxylation sites is 1. The Bertz CT molecular complexity index is 1380. The summed E-state index contributed by atoms with van der Waals surface area (Å²) in [5.41, 5.74) is 0.978. The number of pyridine rings is 1. The Morgan fingerprint density at radius 1 is 1.09 bits per heavy atom. The first kappa shape index (κ1) is 23.3. The number of benzene rings is 2. The maximum atomic E-state index is 14.2. The van der Waals surface area contributed by atoms with Crippen LogP contribution in [0.15, 0.2) is 71.9 Å². The van der Waals surface area contributed by atoms with Crippen LogP contribution in [0.2, 0.25) is 5.02 Å². The molecule has 0 saturated heterocycles. The minimum Gasteiger partial charge on any atom is -0.284 e. The van der Waals surface area contributed by atoms with Gasteiger partial charge in [0.25, 0.3) is 0 Å². The van der Waals surface area contributed by atoms with Crippen LogP contribution in [-0.4, -0.2) is 30.0 Å². The first-order valence-corrected chi connectivity index (χ1v) is 12.9. The van der Waals surface area contributed by atoms with Crippen molar-refractivity contribution in [3.63, 3.8) is 0 Å². The highest BCUT2D eigenvalue weighted by Gasteiger charge is 2.22. The van der Waals surface area contributed by atoms with Gasteiger partial charge in [-0.25, -0.2) is 17.8 Å². The lowest BCUT2D eigenvalue weighted by Gasteiger charge is -2.20. The van der Waals surface area contributed by atoms with E-state index in [1.165, 1.54) is 46.6 Å². The summed E-state index contributed by atoms with van der Waals surface area (Å²) in [6.45, 7) is 0.193. The van der Waals surface area contributed by atoms with Crippen molar-refractivity contribution < 1.29 is 17.6 Å². The molecule has 6 nitrogen and oxygen atoms in total. The van der Waals surface area contributed by atoms with Crippen molar-refractivity contribution in [1.82, 2.24) is 9.97 Å². The van der Waals surface area contributed by atoms with Crippen LogP contribution in [0.4, 0.5) is 9.52 Å². The van der Waals surface area contributed by atoms with Crippen molar-refractivity contribution in [3.05, 3.63) is 83.4 Å². The van der Waals surface area contributed by atoms with Crippen LogP contribution in [0.1, 0.15) is 18.4 Å². The third-order valence-electron chi connectivity index (χ3n) is 4.93. The van der Waals surface area contributed by atoms with Crippen LogP contribution in [-0.2, 0) is 21.2 Å².